The lowest BCUT2D eigenvalue weighted by atomic mass is 10.1. The van der Waals surface area contributed by atoms with E-state index in [4.69, 9.17) is 16.0 Å². The molecule has 2 aromatic carbocycles. The molecule has 0 radical (unpaired) electrons. The van der Waals surface area contributed by atoms with E-state index in [1.807, 2.05) is 0 Å². The van der Waals surface area contributed by atoms with E-state index in [0.29, 0.717) is 10.5 Å². The van der Waals surface area contributed by atoms with Crippen LogP contribution < -0.4 is 11.1 Å². The van der Waals surface area contributed by atoms with E-state index in [1.54, 1.807) is 26.0 Å². The van der Waals surface area contributed by atoms with E-state index in [1.165, 1.54) is 18.2 Å². The van der Waals surface area contributed by atoms with E-state index < -0.39 is 16.6 Å². The minimum atomic E-state index is -0.716. The van der Waals surface area contributed by atoms with Gasteiger partial charge in [-0.2, -0.15) is 0 Å². The normalized spacial score (nSPS) is 10.9. The van der Waals surface area contributed by atoms with Gasteiger partial charge in [0.1, 0.15) is 12.2 Å². The summed E-state index contributed by atoms with van der Waals surface area (Å²) in [6.45, 7) is 3.18. The molecular weight excluding hydrogens is 362 g/mol. The number of halogens is 1. The van der Waals surface area contributed by atoms with Crippen molar-refractivity contribution >= 4 is 40.0 Å². The molecule has 3 rings (SSSR count). The number of hydrogen-bond donors (Lipinski definition) is 1. The highest BCUT2D eigenvalue weighted by atomic mass is 35.5. The summed E-state index contributed by atoms with van der Waals surface area (Å²) in [5.41, 5.74) is 2.07. The Labute approximate surface area is 152 Å². The summed E-state index contributed by atoms with van der Waals surface area (Å²) in [7, 11) is 0. The fourth-order valence-electron chi connectivity index (χ4n) is 2.58. The average Bonchev–Trinajstić information content (AvgIpc) is 2.85. The number of rotatable bonds is 4. The van der Waals surface area contributed by atoms with E-state index in [-0.39, 0.29) is 23.5 Å². The van der Waals surface area contributed by atoms with Gasteiger partial charge in [-0.25, -0.2) is 4.79 Å². The second-order valence-electron chi connectivity index (χ2n) is 5.83. The van der Waals surface area contributed by atoms with Gasteiger partial charge < -0.3 is 9.73 Å². The van der Waals surface area contributed by atoms with E-state index in [9.17, 15) is 19.7 Å². The number of nitrogens with zero attached hydrogens (tertiary/aromatic N) is 2. The smallest absolute Gasteiger partial charge is 0.408 e. The third-order valence-electron chi connectivity index (χ3n) is 4.01. The molecule has 0 unspecified atom stereocenters. The van der Waals surface area contributed by atoms with Gasteiger partial charge in [0.2, 0.25) is 5.91 Å². The average molecular weight is 376 g/mol. The first-order valence-electron chi connectivity index (χ1n) is 7.60. The Balaban J connectivity index is 1.91. The molecule has 0 aliphatic carbocycles. The molecule has 0 aliphatic rings. The first kappa shape index (κ1) is 17.7. The summed E-state index contributed by atoms with van der Waals surface area (Å²) in [6.07, 6.45) is 0. The van der Waals surface area contributed by atoms with Crippen LogP contribution in [-0.2, 0) is 11.3 Å². The van der Waals surface area contributed by atoms with Gasteiger partial charge in [-0.15, -0.1) is 0 Å². The van der Waals surface area contributed by atoms with Crippen LogP contribution in [0.25, 0.3) is 11.1 Å². The van der Waals surface area contributed by atoms with Gasteiger partial charge in [0.25, 0.3) is 5.69 Å². The van der Waals surface area contributed by atoms with Crippen LogP contribution in [0.4, 0.5) is 11.4 Å². The number of hydrogen-bond acceptors (Lipinski definition) is 5. The second kappa shape index (κ2) is 6.64. The number of nitrogens with one attached hydrogen (secondary N) is 1. The number of oxazole rings is 1. The van der Waals surface area contributed by atoms with Crippen LogP contribution >= 0.6 is 11.6 Å². The lowest BCUT2D eigenvalue weighted by Crippen LogP contribution is -2.25. The van der Waals surface area contributed by atoms with Crippen LogP contribution in [0.15, 0.2) is 39.5 Å². The van der Waals surface area contributed by atoms with Crippen LogP contribution in [0.3, 0.4) is 0 Å². The quantitative estimate of drug-likeness (QED) is 0.555. The van der Waals surface area contributed by atoms with Crippen LogP contribution in [0.2, 0.25) is 5.02 Å². The molecule has 26 heavy (non-hydrogen) atoms. The minimum absolute atomic E-state index is 0.0759. The SMILES string of the molecule is Cc1cc(NC(=O)Cn2c(=O)oc3cc(Cl)ccc32)c([N+](=O)[O-])cc1C. The molecule has 1 amide bonds. The van der Waals surface area contributed by atoms with Gasteiger partial charge in [0, 0.05) is 17.2 Å². The summed E-state index contributed by atoms with van der Waals surface area (Å²) in [5.74, 6) is -1.30. The topological polar surface area (TPSA) is 107 Å². The highest BCUT2D eigenvalue weighted by molar-refractivity contribution is 6.31. The molecule has 0 bridgehead atoms. The maximum Gasteiger partial charge on any atom is 0.420 e. The number of nitro groups is 1. The summed E-state index contributed by atoms with van der Waals surface area (Å²) in [6, 6.07) is 7.53. The molecule has 3 aromatic rings. The standard InChI is InChI=1S/C17H14ClN3O5/c1-9-5-12(14(21(24)25)6-10(9)2)19-16(22)8-20-13-4-3-11(18)7-15(13)26-17(20)23/h3-7H,8H2,1-2H3,(H,19,22). The zero-order valence-electron chi connectivity index (χ0n) is 13.9. The van der Waals surface area contributed by atoms with Crippen molar-refractivity contribution in [2.75, 3.05) is 5.32 Å². The molecule has 1 aromatic heterocycles. The molecule has 9 heteroatoms. The Hall–Kier alpha value is -3.13. The number of anilines is 1. The van der Waals surface area contributed by atoms with Crippen LogP contribution in [0.1, 0.15) is 11.1 Å². The molecular formula is C17H14ClN3O5. The number of aryl methyl sites for hydroxylation is 2. The third-order valence-corrected chi connectivity index (χ3v) is 4.25. The van der Waals surface area contributed by atoms with Crippen LogP contribution in [0, 0.1) is 24.0 Å². The van der Waals surface area contributed by atoms with Gasteiger partial charge >= 0.3 is 5.76 Å². The number of nitro benzene ring substituents is 1. The van der Waals surface area contributed by atoms with Crippen molar-refractivity contribution in [3.05, 3.63) is 67.1 Å². The molecule has 134 valence electrons. The monoisotopic (exact) mass is 375 g/mol. The van der Waals surface area contributed by atoms with Gasteiger partial charge in [-0.1, -0.05) is 11.6 Å². The van der Waals surface area contributed by atoms with Crippen molar-refractivity contribution in [3.63, 3.8) is 0 Å². The van der Waals surface area contributed by atoms with Crippen LogP contribution in [0.5, 0.6) is 0 Å². The third kappa shape index (κ3) is 3.31. The lowest BCUT2D eigenvalue weighted by molar-refractivity contribution is -0.384. The van der Waals surface area contributed by atoms with Gasteiger partial charge in [0.15, 0.2) is 5.58 Å². The number of amides is 1. The lowest BCUT2D eigenvalue weighted by Gasteiger charge is -2.09. The van der Waals surface area contributed by atoms with E-state index in [2.05, 4.69) is 5.32 Å². The zero-order chi connectivity index (χ0) is 19.0. The zero-order valence-corrected chi connectivity index (χ0v) is 14.7. The minimum Gasteiger partial charge on any atom is -0.408 e. The predicted molar refractivity (Wildman–Crippen MR) is 96.7 cm³/mol. The Morgan fingerprint density at radius 3 is 2.65 bits per heavy atom. The van der Waals surface area contributed by atoms with Crippen molar-refractivity contribution in [3.8, 4) is 0 Å². The number of aromatic nitrogens is 1. The van der Waals surface area contributed by atoms with Crippen LogP contribution in [-0.4, -0.2) is 15.4 Å². The van der Waals surface area contributed by atoms with Crippen molar-refractivity contribution in [1.29, 1.82) is 0 Å². The largest absolute Gasteiger partial charge is 0.420 e. The van der Waals surface area contributed by atoms with Crippen molar-refractivity contribution in [1.82, 2.24) is 4.57 Å². The summed E-state index contributed by atoms with van der Waals surface area (Å²) in [4.78, 5) is 35.0. The Kier molecular flexibility index (Phi) is 4.52. The van der Waals surface area contributed by atoms with Gasteiger partial charge in [-0.05, 0) is 43.2 Å². The molecule has 1 heterocycles. The summed E-state index contributed by atoms with van der Waals surface area (Å²) >= 11 is 5.85. The summed E-state index contributed by atoms with van der Waals surface area (Å²) < 4.78 is 6.20. The van der Waals surface area contributed by atoms with Crippen molar-refractivity contribution < 1.29 is 14.1 Å². The van der Waals surface area contributed by atoms with Crippen molar-refractivity contribution in [2.45, 2.75) is 20.4 Å². The first-order chi connectivity index (χ1) is 12.3. The van der Waals surface area contributed by atoms with E-state index in [0.717, 1.165) is 15.7 Å². The number of benzene rings is 2. The van der Waals surface area contributed by atoms with Gasteiger partial charge in [0.05, 0.1) is 10.4 Å². The molecule has 0 spiro atoms. The molecule has 8 nitrogen and oxygen atoms in total. The highest BCUT2D eigenvalue weighted by Gasteiger charge is 2.19. The maximum absolute atomic E-state index is 12.4. The second-order valence-corrected chi connectivity index (χ2v) is 6.26. The molecule has 0 atom stereocenters. The van der Waals surface area contributed by atoms with Crippen molar-refractivity contribution in [2.24, 2.45) is 0 Å². The molecule has 1 N–H and O–H groups in total. The molecule has 0 saturated heterocycles. The first-order valence-corrected chi connectivity index (χ1v) is 7.98. The maximum atomic E-state index is 12.4. The fourth-order valence-corrected chi connectivity index (χ4v) is 2.74. The Morgan fingerprint density at radius 1 is 1.27 bits per heavy atom. The van der Waals surface area contributed by atoms with E-state index >= 15 is 0 Å². The number of carbonyl (C=O) groups is 1. The number of carbonyl (C=O) groups excluding carboxylic acids is 1. The molecule has 0 fully saturated rings. The number of fused-ring (bicyclic) bond motifs is 1. The predicted octanol–water partition coefficient (Wildman–Crippen LogP) is 3.41. The summed E-state index contributed by atoms with van der Waals surface area (Å²) in [5, 5.41) is 14.1. The Bertz CT molecular complexity index is 1100. The molecule has 0 aliphatic heterocycles. The fraction of sp³-hybridized carbons (Fsp3) is 0.176. The van der Waals surface area contributed by atoms with Gasteiger partial charge in [-0.3, -0.25) is 19.5 Å². The highest BCUT2D eigenvalue weighted by Crippen LogP contribution is 2.28. The molecule has 0 saturated carbocycles. The Morgan fingerprint density at radius 2 is 1.96 bits per heavy atom.